The summed E-state index contributed by atoms with van der Waals surface area (Å²) < 4.78 is 5.29. The third-order valence-corrected chi connectivity index (χ3v) is 4.19. The molecule has 0 radical (unpaired) electrons. The third kappa shape index (κ3) is 4.91. The molecule has 0 aliphatic carbocycles. The van der Waals surface area contributed by atoms with E-state index < -0.39 is 5.97 Å². The molecule has 2 aromatic carbocycles. The van der Waals surface area contributed by atoms with Crippen LogP contribution in [0.2, 0.25) is 5.02 Å². The second-order valence-electron chi connectivity index (χ2n) is 4.96. The summed E-state index contributed by atoms with van der Waals surface area (Å²) in [7, 11) is 0. The van der Waals surface area contributed by atoms with Crippen LogP contribution < -0.4 is 10.1 Å². The Morgan fingerprint density at radius 3 is 2.72 bits per heavy atom. The van der Waals surface area contributed by atoms with Crippen molar-refractivity contribution in [3.8, 4) is 5.75 Å². The van der Waals surface area contributed by atoms with Crippen molar-refractivity contribution in [2.45, 2.75) is 0 Å². The molecule has 3 rings (SSSR count). The van der Waals surface area contributed by atoms with Crippen LogP contribution in [0, 0.1) is 0 Å². The van der Waals surface area contributed by atoms with Crippen molar-refractivity contribution >= 4 is 46.6 Å². The first-order valence-corrected chi connectivity index (χ1v) is 8.58. The van der Waals surface area contributed by atoms with Gasteiger partial charge in [0, 0.05) is 5.02 Å². The highest BCUT2D eigenvalue weighted by molar-refractivity contribution is 8.15. The molecule has 0 saturated carbocycles. The molecule has 0 spiro atoms. The van der Waals surface area contributed by atoms with Crippen LogP contribution in [0.25, 0.3) is 0 Å². The highest BCUT2D eigenvalue weighted by Crippen LogP contribution is 2.16. The number of hydrogen-bond acceptors (Lipinski definition) is 6. The third-order valence-electron chi connectivity index (χ3n) is 3.09. The Bertz CT molecular complexity index is 866. The first kappa shape index (κ1) is 17.2. The predicted octanol–water partition coefficient (Wildman–Crippen LogP) is 3.11. The lowest BCUT2D eigenvalue weighted by Crippen LogP contribution is -2.19. The number of esters is 1. The molecule has 0 aromatic heterocycles. The van der Waals surface area contributed by atoms with Crippen molar-refractivity contribution in [3.63, 3.8) is 0 Å². The molecule has 1 N–H and O–H groups in total. The molecule has 1 amide bonds. The van der Waals surface area contributed by atoms with Gasteiger partial charge in [-0.15, -0.1) is 5.10 Å². The number of amidine groups is 1. The molecule has 1 heterocycles. The molecule has 126 valence electrons. The van der Waals surface area contributed by atoms with Crippen molar-refractivity contribution < 1.29 is 14.3 Å². The minimum Gasteiger partial charge on any atom is -0.423 e. The molecule has 1 aliphatic heterocycles. The van der Waals surface area contributed by atoms with Crippen LogP contribution in [-0.4, -0.2) is 29.0 Å². The molecule has 6 nitrogen and oxygen atoms in total. The second-order valence-corrected chi connectivity index (χ2v) is 6.36. The maximum Gasteiger partial charge on any atom is 0.343 e. The van der Waals surface area contributed by atoms with E-state index in [1.807, 2.05) is 0 Å². The fourth-order valence-corrected chi connectivity index (χ4v) is 2.75. The normalized spacial score (nSPS) is 15.6. The van der Waals surface area contributed by atoms with E-state index in [2.05, 4.69) is 15.5 Å². The number of carbonyl (C=O) groups excluding carboxylic acids is 2. The molecule has 0 atom stereocenters. The zero-order valence-electron chi connectivity index (χ0n) is 12.8. The number of thioether (sulfide) groups is 1. The van der Waals surface area contributed by atoms with Crippen molar-refractivity contribution in [1.29, 1.82) is 0 Å². The Morgan fingerprint density at radius 2 is 2.04 bits per heavy atom. The van der Waals surface area contributed by atoms with E-state index in [4.69, 9.17) is 16.3 Å². The second kappa shape index (κ2) is 7.96. The molecule has 8 heteroatoms. The molecule has 1 saturated heterocycles. The number of amides is 1. The summed E-state index contributed by atoms with van der Waals surface area (Å²) in [4.78, 5) is 23.1. The molecule has 0 bridgehead atoms. The van der Waals surface area contributed by atoms with Gasteiger partial charge in [0.25, 0.3) is 0 Å². The van der Waals surface area contributed by atoms with Crippen LogP contribution in [0.1, 0.15) is 15.9 Å². The van der Waals surface area contributed by atoms with Crippen molar-refractivity contribution in [1.82, 2.24) is 5.32 Å². The summed E-state index contributed by atoms with van der Waals surface area (Å²) in [6.45, 7) is 0. The van der Waals surface area contributed by atoms with Crippen molar-refractivity contribution in [2.24, 2.45) is 10.2 Å². The standard InChI is InChI=1S/C17H12ClN3O3S/c18-13-3-1-2-12(8-13)16(23)24-14-6-4-11(5-7-14)9-19-21-17-20-15(22)10-25-17/h1-9H,10H2,(H,20,21,22)/b19-9+. The molecular weight excluding hydrogens is 362 g/mol. The smallest absolute Gasteiger partial charge is 0.343 e. The maximum absolute atomic E-state index is 12.0. The van der Waals surface area contributed by atoms with Gasteiger partial charge in [-0.25, -0.2) is 4.79 Å². The van der Waals surface area contributed by atoms with E-state index in [1.54, 1.807) is 54.7 Å². The van der Waals surface area contributed by atoms with Crippen LogP contribution in [0.4, 0.5) is 0 Å². The van der Waals surface area contributed by atoms with Gasteiger partial charge in [0.2, 0.25) is 5.91 Å². The first-order chi connectivity index (χ1) is 12.1. The Balaban J connectivity index is 1.60. The highest BCUT2D eigenvalue weighted by atomic mass is 35.5. The minimum absolute atomic E-state index is 0.0789. The molecule has 1 aliphatic rings. The van der Waals surface area contributed by atoms with E-state index in [1.165, 1.54) is 11.8 Å². The molecular formula is C17H12ClN3O3S. The lowest BCUT2D eigenvalue weighted by molar-refractivity contribution is -0.116. The number of nitrogens with zero attached hydrogens (tertiary/aromatic N) is 2. The molecule has 1 fully saturated rings. The topological polar surface area (TPSA) is 80.1 Å². The van der Waals surface area contributed by atoms with Gasteiger partial charge in [0.1, 0.15) is 5.75 Å². The fraction of sp³-hybridized carbons (Fsp3) is 0.0588. The van der Waals surface area contributed by atoms with Crippen LogP contribution >= 0.6 is 23.4 Å². The zero-order valence-corrected chi connectivity index (χ0v) is 14.4. The molecule has 2 aromatic rings. The highest BCUT2D eigenvalue weighted by Gasteiger charge is 2.15. The summed E-state index contributed by atoms with van der Waals surface area (Å²) in [6.07, 6.45) is 1.54. The molecule has 25 heavy (non-hydrogen) atoms. The summed E-state index contributed by atoms with van der Waals surface area (Å²) >= 11 is 7.16. The minimum atomic E-state index is -0.482. The van der Waals surface area contributed by atoms with E-state index in [-0.39, 0.29) is 5.91 Å². The lowest BCUT2D eigenvalue weighted by atomic mass is 10.2. The van der Waals surface area contributed by atoms with Gasteiger partial charge in [0.15, 0.2) is 5.17 Å². The Hall–Kier alpha value is -2.64. The number of benzene rings is 2. The summed E-state index contributed by atoms with van der Waals surface area (Å²) in [5, 5.41) is 11.4. The number of rotatable bonds is 4. The summed E-state index contributed by atoms with van der Waals surface area (Å²) in [6, 6.07) is 13.3. The monoisotopic (exact) mass is 373 g/mol. The lowest BCUT2D eigenvalue weighted by Gasteiger charge is -2.04. The quantitative estimate of drug-likeness (QED) is 0.386. The Labute approximate surface area is 152 Å². The Kier molecular flexibility index (Phi) is 5.47. The summed E-state index contributed by atoms with van der Waals surface area (Å²) in [5.41, 5.74) is 1.16. The van der Waals surface area contributed by atoms with Crippen LogP contribution in [0.15, 0.2) is 58.7 Å². The largest absolute Gasteiger partial charge is 0.423 e. The first-order valence-electron chi connectivity index (χ1n) is 7.22. The van der Waals surface area contributed by atoms with Crippen LogP contribution in [-0.2, 0) is 4.79 Å². The van der Waals surface area contributed by atoms with Gasteiger partial charge in [0.05, 0.1) is 17.5 Å². The zero-order chi connectivity index (χ0) is 17.6. The van der Waals surface area contributed by atoms with Crippen molar-refractivity contribution in [2.75, 3.05) is 5.75 Å². The van der Waals surface area contributed by atoms with Crippen LogP contribution in [0.5, 0.6) is 5.75 Å². The Morgan fingerprint density at radius 1 is 1.24 bits per heavy atom. The maximum atomic E-state index is 12.0. The average Bonchev–Trinajstić information content (AvgIpc) is 3.02. The van der Waals surface area contributed by atoms with Gasteiger partial charge < -0.3 is 10.1 Å². The van der Waals surface area contributed by atoms with Gasteiger partial charge >= 0.3 is 5.97 Å². The number of carbonyl (C=O) groups is 2. The van der Waals surface area contributed by atoms with Gasteiger partial charge in [-0.1, -0.05) is 29.4 Å². The van der Waals surface area contributed by atoms with E-state index in [9.17, 15) is 9.59 Å². The van der Waals surface area contributed by atoms with Gasteiger partial charge in [-0.05, 0) is 48.0 Å². The van der Waals surface area contributed by atoms with Gasteiger partial charge in [-0.3, -0.25) is 4.79 Å². The predicted molar refractivity (Wildman–Crippen MR) is 98.5 cm³/mol. The SMILES string of the molecule is O=C1CS/C(=N\N=C\c2ccc(OC(=O)c3cccc(Cl)c3)cc2)N1. The van der Waals surface area contributed by atoms with E-state index in [0.29, 0.717) is 27.3 Å². The van der Waals surface area contributed by atoms with Crippen molar-refractivity contribution in [3.05, 3.63) is 64.7 Å². The van der Waals surface area contributed by atoms with Crippen LogP contribution in [0.3, 0.4) is 0 Å². The number of halogens is 1. The molecule has 0 unspecified atom stereocenters. The fourth-order valence-electron chi connectivity index (χ4n) is 1.93. The average molecular weight is 374 g/mol. The number of ether oxygens (including phenoxy) is 1. The van der Waals surface area contributed by atoms with Gasteiger partial charge in [-0.2, -0.15) is 5.10 Å². The summed E-state index contributed by atoms with van der Waals surface area (Å²) in [5.74, 6) is 0.210. The number of hydrogen-bond donors (Lipinski definition) is 1. The van der Waals surface area contributed by atoms with E-state index in [0.717, 1.165) is 5.56 Å². The number of nitrogens with one attached hydrogen (secondary N) is 1. The van der Waals surface area contributed by atoms with E-state index >= 15 is 0 Å².